The molecule has 0 bridgehead atoms. The van der Waals surface area contributed by atoms with Gasteiger partial charge >= 0.3 is 0 Å². The molecule has 4 aromatic rings. The van der Waals surface area contributed by atoms with Gasteiger partial charge in [0.05, 0.1) is 5.56 Å². The smallest absolute Gasteiger partial charge is 0.225 e. The molecular weight excluding hydrogens is 429 g/mol. The van der Waals surface area contributed by atoms with Crippen molar-refractivity contribution in [3.05, 3.63) is 86.7 Å². The highest BCUT2D eigenvalue weighted by Gasteiger charge is 2.37. The zero-order valence-electron chi connectivity index (χ0n) is 16.7. The van der Waals surface area contributed by atoms with Crippen LogP contribution in [0, 0.1) is 0 Å². The zero-order chi connectivity index (χ0) is 21.1. The number of aryl methyl sites for hydroxylation is 1. The SMILES string of the molecule is Nc1c2c(nc3c1C(c1c(Cl)cccc1Cl)c1ccc4cccnc4c1O3)CCCC2. The standard InChI is InChI=1S/C25H19Cl2N3O/c26-16-7-3-8-17(27)20(16)19-15-11-10-13-5-4-12-29-23(13)24(15)31-25-21(19)22(28)14-6-1-2-9-18(14)30-25/h3-5,7-8,10-12,19H,1-2,6,9H2,(H2,28,30). The first-order chi connectivity index (χ1) is 15.1. The van der Waals surface area contributed by atoms with Gasteiger partial charge in [0.2, 0.25) is 5.88 Å². The number of hydrogen-bond acceptors (Lipinski definition) is 4. The molecule has 154 valence electrons. The Morgan fingerprint density at radius 2 is 1.74 bits per heavy atom. The Kier molecular flexibility index (Phi) is 4.34. The molecule has 6 rings (SSSR count). The lowest BCUT2D eigenvalue weighted by Gasteiger charge is -2.32. The molecule has 2 aromatic heterocycles. The summed E-state index contributed by atoms with van der Waals surface area (Å²) < 4.78 is 6.43. The molecule has 2 N–H and O–H groups in total. The van der Waals surface area contributed by atoms with Crippen molar-refractivity contribution >= 4 is 39.8 Å². The van der Waals surface area contributed by atoms with Gasteiger partial charge in [-0.3, -0.25) is 4.98 Å². The summed E-state index contributed by atoms with van der Waals surface area (Å²) in [6, 6.07) is 13.6. The molecule has 1 unspecified atom stereocenters. The molecule has 0 fully saturated rings. The van der Waals surface area contributed by atoms with Gasteiger partial charge < -0.3 is 10.5 Å². The first-order valence-electron chi connectivity index (χ1n) is 10.4. The van der Waals surface area contributed by atoms with E-state index in [1.165, 1.54) is 0 Å². The summed E-state index contributed by atoms with van der Waals surface area (Å²) in [4.78, 5) is 9.54. The molecule has 0 saturated heterocycles. The van der Waals surface area contributed by atoms with E-state index >= 15 is 0 Å². The fraction of sp³-hybridized carbons (Fsp3) is 0.200. The quantitative estimate of drug-likeness (QED) is 0.311. The summed E-state index contributed by atoms with van der Waals surface area (Å²) in [5.74, 6) is 0.935. The minimum absolute atomic E-state index is 0.286. The Morgan fingerprint density at radius 3 is 2.58 bits per heavy atom. The first kappa shape index (κ1) is 18.9. The number of hydrogen-bond donors (Lipinski definition) is 1. The summed E-state index contributed by atoms with van der Waals surface area (Å²) in [6.07, 6.45) is 5.83. The Balaban J connectivity index is 1.71. The maximum atomic E-state index is 6.80. The number of halogens is 2. The summed E-state index contributed by atoms with van der Waals surface area (Å²) in [5, 5.41) is 2.18. The van der Waals surface area contributed by atoms with Gasteiger partial charge in [0.25, 0.3) is 0 Å². The molecule has 6 heteroatoms. The van der Waals surface area contributed by atoms with Crippen LogP contribution in [0.15, 0.2) is 48.7 Å². The van der Waals surface area contributed by atoms with Crippen molar-refractivity contribution in [2.75, 3.05) is 5.73 Å². The molecule has 2 aliphatic rings. The average molecular weight is 448 g/mol. The lowest BCUT2D eigenvalue weighted by molar-refractivity contribution is 0.434. The Labute approximate surface area is 190 Å². The molecule has 2 aromatic carbocycles. The third-order valence-corrected chi connectivity index (χ3v) is 7.03. The summed E-state index contributed by atoms with van der Waals surface area (Å²) in [7, 11) is 0. The second-order valence-corrected chi connectivity index (χ2v) is 8.92. The van der Waals surface area contributed by atoms with Crippen molar-refractivity contribution in [3.63, 3.8) is 0 Å². The van der Waals surface area contributed by atoms with E-state index in [1.807, 2.05) is 30.3 Å². The van der Waals surface area contributed by atoms with Crippen LogP contribution in [0.4, 0.5) is 5.69 Å². The minimum atomic E-state index is -0.286. The molecule has 0 saturated carbocycles. The van der Waals surface area contributed by atoms with Crippen LogP contribution in [-0.4, -0.2) is 9.97 Å². The summed E-state index contributed by atoms with van der Waals surface area (Å²) in [6.45, 7) is 0. The number of ether oxygens (including phenoxy) is 1. The van der Waals surface area contributed by atoms with E-state index in [9.17, 15) is 0 Å². The van der Waals surface area contributed by atoms with E-state index in [2.05, 4.69) is 17.1 Å². The van der Waals surface area contributed by atoms with Crippen LogP contribution in [0.1, 0.15) is 46.7 Å². The van der Waals surface area contributed by atoms with Crippen LogP contribution in [-0.2, 0) is 12.8 Å². The number of nitrogens with zero attached hydrogens (tertiary/aromatic N) is 2. The van der Waals surface area contributed by atoms with E-state index in [0.29, 0.717) is 21.7 Å². The Hall–Kier alpha value is -2.82. The highest BCUT2D eigenvalue weighted by Crippen LogP contribution is 2.54. The molecule has 0 radical (unpaired) electrons. The second kappa shape index (κ2) is 7.11. The largest absolute Gasteiger partial charge is 0.436 e. The lowest BCUT2D eigenvalue weighted by Crippen LogP contribution is -2.20. The van der Waals surface area contributed by atoms with Crippen molar-refractivity contribution in [1.82, 2.24) is 9.97 Å². The number of rotatable bonds is 1. The van der Waals surface area contributed by atoms with Gasteiger partial charge in [0.1, 0.15) is 5.52 Å². The van der Waals surface area contributed by atoms with Crippen molar-refractivity contribution < 1.29 is 4.74 Å². The number of aromatic nitrogens is 2. The van der Waals surface area contributed by atoms with E-state index < -0.39 is 0 Å². The third kappa shape index (κ3) is 2.82. The zero-order valence-corrected chi connectivity index (χ0v) is 18.2. The van der Waals surface area contributed by atoms with Crippen LogP contribution in [0.2, 0.25) is 10.0 Å². The van der Waals surface area contributed by atoms with Crippen molar-refractivity contribution in [2.45, 2.75) is 31.6 Å². The summed E-state index contributed by atoms with van der Waals surface area (Å²) in [5.41, 5.74) is 13.1. The maximum Gasteiger partial charge on any atom is 0.225 e. The monoisotopic (exact) mass is 447 g/mol. The number of anilines is 1. The van der Waals surface area contributed by atoms with Crippen molar-refractivity contribution in [1.29, 1.82) is 0 Å². The number of nitrogen functional groups attached to an aromatic ring is 1. The lowest BCUT2D eigenvalue weighted by atomic mass is 9.80. The molecule has 3 heterocycles. The van der Waals surface area contributed by atoms with Gasteiger partial charge in [0.15, 0.2) is 5.75 Å². The van der Waals surface area contributed by atoms with Gasteiger partial charge in [-0.15, -0.1) is 0 Å². The second-order valence-electron chi connectivity index (χ2n) is 8.11. The number of pyridine rings is 2. The molecule has 0 amide bonds. The molecule has 31 heavy (non-hydrogen) atoms. The topological polar surface area (TPSA) is 61.0 Å². The number of nitrogens with two attached hydrogens (primary N) is 1. The minimum Gasteiger partial charge on any atom is -0.436 e. The van der Waals surface area contributed by atoms with Crippen LogP contribution >= 0.6 is 23.2 Å². The predicted molar refractivity (Wildman–Crippen MR) is 125 cm³/mol. The van der Waals surface area contributed by atoms with Gasteiger partial charge in [-0.05, 0) is 49.4 Å². The fourth-order valence-corrected chi connectivity index (χ4v) is 5.54. The highest BCUT2D eigenvalue weighted by molar-refractivity contribution is 6.36. The van der Waals surface area contributed by atoms with E-state index in [-0.39, 0.29) is 5.92 Å². The molecular formula is C25H19Cl2N3O. The molecule has 1 aliphatic carbocycles. The summed E-state index contributed by atoms with van der Waals surface area (Å²) >= 11 is 13.4. The van der Waals surface area contributed by atoms with Gasteiger partial charge in [-0.1, -0.05) is 47.5 Å². The third-order valence-electron chi connectivity index (χ3n) is 6.37. The van der Waals surface area contributed by atoms with E-state index in [1.54, 1.807) is 6.20 Å². The molecule has 1 aliphatic heterocycles. The van der Waals surface area contributed by atoms with Gasteiger partial charge in [-0.2, -0.15) is 0 Å². The Morgan fingerprint density at radius 1 is 0.935 bits per heavy atom. The van der Waals surface area contributed by atoms with Crippen LogP contribution < -0.4 is 10.5 Å². The van der Waals surface area contributed by atoms with Crippen LogP contribution in [0.5, 0.6) is 11.6 Å². The van der Waals surface area contributed by atoms with E-state index in [4.69, 9.17) is 38.7 Å². The fourth-order valence-electron chi connectivity index (χ4n) is 4.93. The van der Waals surface area contributed by atoms with Crippen LogP contribution in [0.25, 0.3) is 10.9 Å². The van der Waals surface area contributed by atoms with Gasteiger partial charge in [0, 0.05) is 50.1 Å². The van der Waals surface area contributed by atoms with Crippen LogP contribution in [0.3, 0.4) is 0 Å². The van der Waals surface area contributed by atoms with E-state index in [0.717, 1.165) is 70.2 Å². The number of fused-ring (bicyclic) bond motifs is 5. The molecule has 1 atom stereocenters. The van der Waals surface area contributed by atoms with Crippen molar-refractivity contribution in [3.8, 4) is 11.6 Å². The predicted octanol–water partition coefficient (Wildman–Crippen LogP) is 6.68. The van der Waals surface area contributed by atoms with Gasteiger partial charge in [-0.25, -0.2) is 4.98 Å². The normalized spacial score (nSPS) is 16.9. The first-order valence-corrected chi connectivity index (χ1v) is 11.2. The molecule has 4 nitrogen and oxygen atoms in total. The maximum absolute atomic E-state index is 6.80. The average Bonchev–Trinajstić information content (AvgIpc) is 2.78. The van der Waals surface area contributed by atoms with Crippen molar-refractivity contribution in [2.24, 2.45) is 0 Å². The highest BCUT2D eigenvalue weighted by atomic mass is 35.5. The number of benzene rings is 2. The Bertz CT molecular complexity index is 1350. The molecule has 0 spiro atoms.